The molecular formula is C22H18O7. The molecule has 0 spiro atoms. The molecule has 0 amide bonds. The van der Waals surface area contributed by atoms with E-state index < -0.39 is 11.6 Å². The molecule has 0 fully saturated rings. The third-order valence-corrected chi connectivity index (χ3v) is 4.52. The Bertz CT molecular complexity index is 1160. The summed E-state index contributed by atoms with van der Waals surface area (Å²) in [6, 6.07) is 10.3. The molecule has 2 heterocycles. The summed E-state index contributed by atoms with van der Waals surface area (Å²) in [5.74, 6) is 1.18. The van der Waals surface area contributed by atoms with Gasteiger partial charge in [0, 0.05) is 5.39 Å². The molecule has 148 valence electrons. The maximum atomic E-state index is 12.6. The normalized spacial score (nSPS) is 12.0. The molecule has 4 rings (SSSR count). The molecule has 7 heteroatoms. The summed E-state index contributed by atoms with van der Waals surface area (Å²) in [6.07, 6.45) is 1.48. The average molecular weight is 394 g/mol. The standard InChI is InChI=1S/C22H18O7/c1-3-8-25-20(23)11-26-15-5-7-17-16(10-15)13(2)21(22(24)29-17)14-4-6-18-19(9-14)28-12-27-18/h3-7,9-10H,1,8,11-12H2,2H3. The molecular weight excluding hydrogens is 376 g/mol. The van der Waals surface area contributed by atoms with Crippen LogP contribution in [-0.4, -0.2) is 26.0 Å². The van der Waals surface area contributed by atoms with E-state index >= 15 is 0 Å². The number of hydrogen-bond donors (Lipinski definition) is 0. The van der Waals surface area contributed by atoms with E-state index in [1.165, 1.54) is 6.08 Å². The van der Waals surface area contributed by atoms with Gasteiger partial charge >= 0.3 is 11.6 Å². The predicted octanol–water partition coefficient (Wildman–Crippen LogP) is 3.61. The molecule has 29 heavy (non-hydrogen) atoms. The van der Waals surface area contributed by atoms with Crippen molar-refractivity contribution in [1.29, 1.82) is 0 Å². The van der Waals surface area contributed by atoms with Crippen LogP contribution in [0.25, 0.3) is 22.1 Å². The lowest BCUT2D eigenvalue weighted by molar-refractivity contribution is -0.144. The van der Waals surface area contributed by atoms with Crippen LogP contribution in [0.2, 0.25) is 0 Å². The third kappa shape index (κ3) is 3.67. The SMILES string of the molecule is C=CCOC(=O)COc1ccc2oc(=O)c(-c3ccc4c(c3)OCO4)c(C)c2c1. The number of carbonyl (C=O) groups is 1. The maximum Gasteiger partial charge on any atom is 0.344 e. The summed E-state index contributed by atoms with van der Waals surface area (Å²) in [4.78, 5) is 24.2. The molecule has 0 radical (unpaired) electrons. The first kappa shape index (κ1) is 18.6. The molecule has 0 aliphatic carbocycles. The highest BCUT2D eigenvalue weighted by Gasteiger charge is 2.19. The van der Waals surface area contributed by atoms with Crippen molar-refractivity contribution in [3.05, 3.63) is 65.0 Å². The Labute approximate surface area is 166 Å². The number of aryl methyl sites for hydroxylation is 1. The van der Waals surface area contributed by atoms with Crippen LogP contribution < -0.4 is 19.8 Å². The molecule has 0 N–H and O–H groups in total. The van der Waals surface area contributed by atoms with Crippen molar-refractivity contribution in [3.63, 3.8) is 0 Å². The Balaban J connectivity index is 1.68. The Morgan fingerprint density at radius 3 is 2.83 bits per heavy atom. The predicted molar refractivity (Wildman–Crippen MR) is 105 cm³/mol. The number of fused-ring (bicyclic) bond motifs is 2. The van der Waals surface area contributed by atoms with Gasteiger partial charge in [0.1, 0.15) is 17.9 Å². The van der Waals surface area contributed by atoms with Crippen molar-refractivity contribution in [2.75, 3.05) is 20.0 Å². The van der Waals surface area contributed by atoms with Gasteiger partial charge in [-0.1, -0.05) is 18.7 Å². The van der Waals surface area contributed by atoms with Gasteiger partial charge in [-0.25, -0.2) is 9.59 Å². The second-order valence-corrected chi connectivity index (χ2v) is 6.38. The monoisotopic (exact) mass is 394 g/mol. The summed E-state index contributed by atoms with van der Waals surface area (Å²) in [5, 5.41) is 0.703. The summed E-state index contributed by atoms with van der Waals surface area (Å²) < 4.78 is 26.6. The highest BCUT2D eigenvalue weighted by molar-refractivity contribution is 5.88. The smallest absolute Gasteiger partial charge is 0.344 e. The average Bonchev–Trinajstić information content (AvgIpc) is 3.19. The number of benzene rings is 2. The fourth-order valence-corrected chi connectivity index (χ4v) is 3.14. The molecule has 3 aromatic rings. The van der Waals surface area contributed by atoms with E-state index in [0.29, 0.717) is 39.3 Å². The van der Waals surface area contributed by atoms with Crippen LogP contribution in [0.15, 0.2) is 58.3 Å². The lowest BCUT2D eigenvalue weighted by Gasteiger charge is -2.11. The van der Waals surface area contributed by atoms with Gasteiger partial charge in [0.05, 0.1) is 5.56 Å². The zero-order chi connectivity index (χ0) is 20.4. The summed E-state index contributed by atoms with van der Waals surface area (Å²) in [6.45, 7) is 5.37. The van der Waals surface area contributed by atoms with Gasteiger partial charge in [-0.2, -0.15) is 0 Å². The van der Waals surface area contributed by atoms with Crippen molar-refractivity contribution in [1.82, 2.24) is 0 Å². The largest absolute Gasteiger partial charge is 0.482 e. The van der Waals surface area contributed by atoms with Crippen molar-refractivity contribution in [2.45, 2.75) is 6.92 Å². The summed E-state index contributed by atoms with van der Waals surface area (Å²) in [5.41, 5.74) is 1.81. The van der Waals surface area contributed by atoms with Gasteiger partial charge in [-0.05, 0) is 48.4 Å². The minimum Gasteiger partial charge on any atom is -0.482 e. The number of ether oxygens (including phenoxy) is 4. The van der Waals surface area contributed by atoms with Crippen LogP contribution in [0.4, 0.5) is 0 Å². The van der Waals surface area contributed by atoms with Gasteiger partial charge in [-0.15, -0.1) is 0 Å². The molecule has 1 aliphatic heterocycles. The molecule has 1 aromatic heterocycles. The lowest BCUT2D eigenvalue weighted by Crippen LogP contribution is -2.14. The van der Waals surface area contributed by atoms with Crippen molar-refractivity contribution >= 4 is 16.9 Å². The highest BCUT2D eigenvalue weighted by Crippen LogP contribution is 2.37. The molecule has 0 unspecified atom stereocenters. The second kappa shape index (κ2) is 7.71. The van der Waals surface area contributed by atoms with E-state index in [0.717, 1.165) is 5.56 Å². The molecule has 0 atom stereocenters. The fourth-order valence-electron chi connectivity index (χ4n) is 3.14. The van der Waals surface area contributed by atoms with E-state index in [9.17, 15) is 9.59 Å². The minimum atomic E-state index is -0.498. The number of carbonyl (C=O) groups excluding carboxylic acids is 1. The fraction of sp³-hybridized carbons (Fsp3) is 0.182. The minimum absolute atomic E-state index is 0.128. The maximum absolute atomic E-state index is 12.6. The van der Waals surface area contributed by atoms with Gasteiger partial charge in [0.25, 0.3) is 0 Å². The van der Waals surface area contributed by atoms with E-state index in [2.05, 4.69) is 6.58 Å². The second-order valence-electron chi connectivity index (χ2n) is 6.38. The van der Waals surface area contributed by atoms with E-state index in [4.69, 9.17) is 23.4 Å². The van der Waals surface area contributed by atoms with E-state index in [-0.39, 0.29) is 20.0 Å². The zero-order valence-corrected chi connectivity index (χ0v) is 15.7. The summed E-state index contributed by atoms with van der Waals surface area (Å²) in [7, 11) is 0. The zero-order valence-electron chi connectivity index (χ0n) is 15.7. The lowest BCUT2D eigenvalue weighted by atomic mass is 9.99. The topological polar surface area (TPSA) is 84.2 Å². The van der Waals surface area contributed by atoms with E-state index in [1.807, 2.05) is 6.92 Å². The number of rotatable bonds is 6. The highest BCUT2D eigenvalue weighted by atomic mass is 16.7. The molecule has 0 saturated carbocycles. The first-order valence-electron chi connectivity index (χ1n) is 8.93. The molecule has 0 bridgehead atoms. The Morgan fingerprint density at radius 1 is 1.17 bits per heavy atom. The quantitative estimate of drug-likeness (QED) is 0.359. The Kier molecular flexibility index (Phi) is 4.95. The van der Waals surface area contributed by atoms with Gasteiger partial charge < -0.3 is 23.4 Å². The first-order chi connectivity index (χ1) is 14.1. The van der Waals surface area contributed by atoms with E-state index in [1.54, 1.807) is 36.4 Å². The molecule has 7 nitrogen and oxygen atoms in total. The molecule has 2 aromatic carbocycles. The number of hydrogen-bond acceptors (Lipinski definition) is 7. The third-order valence-electron chi connectivity index (χ3n) is 4.52. The number of esters is 1. The first-order valence-corrected chi connectivity index (χ1v) is 8.93. The van der Waals surface area contributed by atoms with Crippen LogP contribution in [0.5, 0.6) is 17.2 Å². The van der Waals surface area contributed by atoms with Crippen LogP contribution in [0.1, 0.15) is 5.56 Å². The Morgan fingerprint density at radius 2 is 2.00 bits per heavy atom. The van der Waals surface area contributed by atoms with Crippen LogP contribution >= 0.6 is 0 Å². The van der Waals surface area contributed by atoms with Crippen LogP contribution in [0.3, 0.4) is 0 Å². The summed E-state index contributed by atoms with van der Waals surface area (Å²) >= 11 is 0. The van der Waals surface area contributed by atoms with Gasteiger partial charge in [0.15, 0.2) is 18.1 Å². The van der Waals surface area contributed by atoms with Gasteiger partial charge in [-0.3, -0.25) is 0 Å². The van der Waals surface area contributed by atoms with Crippen molar-refractivity contribution < 1.29 is 28.2 Å². The van der Waals surface area contributed by atoms with Gasteiger partial charge in [0.2, 0.25) is 6.79 Å². The molecule has 0 saturated heterocycles. The Hall–Kier alpha value is -3.74. The van der Waals surface area contributed by atoms with Crippen molar-refractivity contribution in [3.8, 4) is 28.4 Å². The van der Waals surface area contributed by atoms with Crippen LogP contribution in [0, 0.1) is 6.92 Å². The molecule has 1 aliphatic rings. The van der Waals surface area contributed by atoms with Crippen molar-refractivity contribution in [2.24, 2.45) is 0 Å². The van der Waals surface area contributed by atoms with Crippen LogP contribution in [-0.2, 0) is 9.53 Å².